The summed E-state index contributed by atoms with van der Waals surface area (Å²) in [5.74, 6) is -0.188. The van der Waals surface area contributed by atoms with Gasteiger partial charge in [0, 0.05) is 5.56 Å². The number of hydrogen-bond donors (Lipinski definition) is 4. The Kier molecular flexibility index (Phi) is 3.73. The Hall–Kier alpha value is -2.35. The van der Waals surface area contributed by atoms with Crippen molar-refractivity contribution in [3.05, 3.63) is 40.7 Å². The lowest BCUT2D eigenvalue weighted by Gasteiger charge is -2.14. The number of aromatic nitrogens is 2. The van der Waals surface area contributed by atoms with Crippen molar-refractivity contribution in [3.8, 4) is 0 Å². The molecule has 0 spiro atoms. The number of aromatic amines is 1. The van der Waals surface area contributed by atoms with E-state index >= 15 is 0 Å². The standard InChI is InChI=1S/C13H17N5O2S/c1-7-5-4-6-10(11(7)13(14)15)18-21(19,20)12-8(2)16-17-9(12)3/h4-6,18H,1-3H3,(H3,14,15)(H,16,17). The third-order valence-electron chi connectivity index (χ3n) is 3.12. The Morgan fingerprint density at radius 2 is 2.00 bits per heavy atom. The fourth-order valence-electron chi connectivity index (χ4n) is 2.24. The molecule has 1 heterocycles. The lowest BCUT2D eigenvalue weighted by molar-refractivity contribution is 0.600. The van der Waals surface area contributed by atoms with Crippen molar-refractivity contribution in [2.45, 2.75) is 25.7 Å². The zero-order valence-corrected chi connectivity index (χ0v) is 12.8. The molecule has 0 aliphatic heterocycles. The van der Waals surface area contributed by atoms with E-state index in [0.717, 1.165) is 5.56 Å². The molecule has 7 nitrogen and oxygen atoms in total. The molecule has 8 heteroatoms. The molecule has 1 aromatic carbocycles. The van der Waals surface area contributed by atoms with E-state index in [0.29, 0.717) is 17.0 Å². The number of hydrogen-bond acceptors (Lipinski definition) is 4. The number of H-pyrrole nitrogens is 1. The van der Waals surface area contributed by atoms with Gasteiger partial charge in [-0.05, 0) is 32.4 Å². The molecule has 0 unspecified atom stereocenters. The summed E-state index contributed by atoms with van der Waals surface area (Å²) >= 11 is 0. The molecule has 21 heavy (non-hydrogen) atoms. The van der Waals surface area contributed by atoms with Crippen molar-refractivity contribution >= 4 is 21.5 Å². The van der Waals surface area contributed by atoms with Gasteiger partial charge < -0.3 is 5.73 Å². The second-order valence-corrected chi connectivity index (χ2v) is 6.40. The van der Waals surface area contributed by atoms with Gasteiger partial charge in [0.1, 0.15) is 10.7 Å². The Balaban J connectivity index is 2.53. The molecule has 5 N–H and O–H groups in total. The molecule has 0 amide bonds. The number of benzene rings is 1. The second kappa shape index (κ2) is 5.21. The quantitative estimate of drug-likeness (QED) is 0.503. The Bertz CT molecular complexity index is 788. The van der Waals surface area contributed by atoms with Gasteiger partial charge in [0.2, 0.25) is 0 Å². The van der Waals surface area contributed by atoms with Crippen LogP contribution in [0.1, 0.15) is 22.5 Å². The number of nitrogens with two attached hydrogens (primary N) is 1. The Morgan fingerprint density at radius 3 is 2.52 bits per heavy atom. The third kappa shape index (κ3) is 2.75. The van der Waals surface area contributed by atoms with Crippen LogP contribution < -0.4 is 10.5 Å². The molecule has 0 bridgehead atoms. The Morgan fingerprint density at radius 1 is 1.33 bits per heavy atom. The molecule has 0 atom stereocenters. The number of rotatable bonds is 4. The van der Waals surface area contributed by atoms with Crippen LogP contribution in [-0.4, -0.2) is 24.5 Å². The van der Waals surface area contributed by atoms with Gasteiger partial charge in [-0.2, -0.15) is 5.10 Å². The Labute approximate surface area is 123 Å². The first kappa shape index (κ1) is 15.0. The maximum absolute atomic E-state index is 12.5. The van der Waals surface area contributed by atoms with Crippen LogP contribution in [-0.2, 0) is 10.0 Å². The topological polar surface area (TPSA) is 125 Å². The average Bonchev–Trinajstić information content (AvgIpc) is 2.68. The lowest BCUT2D eigenvalue weighted by Crippen LogP contribution is -2.20. The smallest absolute Gasteiger partial charge is 0.265 e. The van der Waals surface area contributed by atoms with Crippen LogP contribution in [0.25, 0.3) is 0 Å². The minimum Gasteiger partial charge on any atom is -0.384 e. The number of nitrogens with one attached hydrogen (secondary N) is 3. The first-order valence-electron chi connectivity index (χ1n) is 6.22. The molecule has 0 aliphatic carbocycles. The van der Waals surface area contributed by atoms with Crippen LogP contribution in [0.4, 0.5) is 5.69 Å². The maximum atomic E-state index is 12.5. The highest BCUT2D eigenvalue weighted by molar-refractivity contribution is 7.92. The van der Waals surface area contributed by atoms with E-state index in [4.69, 9.17) is 11.1 Å². The molecular formula is C13H17N5O2S. The van der Waals surface area contributed by atoms with Crippen molar-refractivity contribution in [1.29, 1.82) is 5.41 Å². The van der Waals surface area contributed by atoms with Crippen molar-refractivity contribution in [3.63, 3.8) is 0 Å². The molecule has 1 aromatic heterocycles. The molecule has 0 fully saturated rings. The zero-order valence-electron chi connectivity index (χ0n) is 12.0. The van der Waals surface area contributed by atoms with Crippen molar-refractivity contribution in [2.24, 2.45) is 5.73 Å². The maximum Gasteiger partial charge on any atom is 0.265 e. The molecular weight excluding hydrogens is 290 g/mol. The van der Waals surface area contributed by atoms with Gasteiger partial charge in [-0.3, -0.25) is 15.2 Å². The summed E-state index contributed by atoms with van der Waals surface area (Å²) in [6.45, 7) is 5.01. The summed E-state index contributed by atoms with van der Waals surface area (Å²) < 4.78 is 27.5. The fraction of sp³-hybridized carbons (Fsp3) is 0.231. The van der Waals surface area contributed by atoms with Crippen LogP contribution in [0.2, 0.25) is 0 Å². The van der Waals surface area contributed by atoms with E-state index in [9.17, 15) is 8.42 Å². The molecule has 112 valence electrons. The van der Waals surface area contributed by atoms with E-state index in [1.807, 2.05) is 0 Å². The van der Waals surface area contributed by atoms with E-state index in [2.05, 4.69) is 14.9 Å². The number of nitrogen functional groups attached to an aromatic ring is 1. The summed E-state index contributed by atoms with van der Waals surface area (Å²) in [6.07, 6.45) is 0. The molecule has 0 saturated carbocycles. The van der Waals surface area contributed by atoms with Gasteiger partial charge in [0.05, 0.1) is 17.1 Å². The molecule has 0 saturated heterocycles. The van der Waals surface area contributed by atoms with E-state index in [1.54, 1.807) is 39.0 Å². The van der Waals surface area contributed by atoms with Crippen LogP contribution in [0.3, 0.4) is 0 Å². The predicted octanol–water partition coefficient (Wildman–Crippen LogP) is 1.42. The van der Waals surface area contributed by atoms with Crippen molar-refractivity contribution in [2.75, 3.05) is 4.72 Å². The van der Waals surface area contributed by atoms with E-state index in [-0.39, 0.29) is 16.4 Å². The van der Waals surface area contributed by atoms with Crippen molar-refractivity contribution < 1.29 is 8.42 Å². The zero-order chi connectivity index (χ0) is 15.8. The number of aryl methyl sites for hydroxylation is 3. The van der Waals surface area contributed by atoms with E-state index < -0.39 is 10.0 Å². The fourth-order valence-corrected chi connectivity index (χ4v) is 3.69. The highest BCUT2D eigenvalue weighted by atomic mass is 32.2. The molecule has 2 aromatic rings. The predicted molar refractivity (Wildman–Crippen MR) is 81.1 cm³/mol. The highest BCUT2D eigenvalue weighted by Crippen LogP contribution is 2.24. The average molecular weight is 307 g/mol. The lowest BCUT2D eigenvalue weighted by atomic mass is 10.1. The molecule has 0 radical (unpaired) electrons. The first-order valence-corrected chi connectivity index (χ1v) is 7.70. The normalized spacial score (nSPS) is 11.4. The van der Waals surface area contributed by atoms with Gasteiger partial charge >= 0.3 is 0 Å². The molecule has 2 rings (SSSR count). The highest BCUT2D eigenvalue weighted by Gasteiger charge is 2.23. The second-order valence-electron chi connectivity index (χ2n) is 4.78. The minimum atomic E-state index is -3.80. The summed E-state index contributed by atoms with van der Waals surface area (Å²) in [6, 6.07) is 5.05. The monoisotopic (exact) mass is 307 g/mol. The van der Waals surface area contributed by atoms with Gasteiger partial charge in [-0.15, -0.1) is 0 Å². The number of sulfonamides is 1. The number of amidine groups is 1. The minimum absolute atomic E-state index is 0.110. The van der Waals surface area contributed by atoms with Crippen LogP contribution in [0.15, 0.2) is 23.1 Å². The molecule has 0 aliphatic rings. The first-order chi connectivity index (χ1) is 9.74. The SMILES string of the molecule is Cc1cccc(NS(=O)(=O)c2c(C)n[nH]c2C)c1C(=N)N. The summed E-state index contributed by atoms with van der Waals surface area (Å²) in [4.78, 5) is 0.110. The van der Waals surface area contributed by atoms with Gasteiger partial charge in [-0.1, -0.05) is 12.1 Å². The summed E-state index contributed by atoms with van der Waals surface area (Å²) in [5.41, 5.74) is 7.76. The largest absolute Gasteiger partial charge is 0.384 e. The van der Waals surface area contributed by atoms with Crippen LogP contribution >= 0.6 is 0 Å². The van der Waals surface area contributed by atoms with Gasteiger partial charge in [0.25, 0.3) is 10.0 Å². The summed E-state index contributed by atoms with van der Waals surface area (Å²) in [7, 11) is -3.80. The van der Waals surface area contributed by atoms with Gasteiger partial charge in [-0.25, -0.2) is 8.42 Å². The third-order valence-corrected chi connectivity index (χ3v) is 4.74. The van der Waals surface area contributed by atoms with Gasteiger partial charge in [0.15, 0.2) is 0 Å². The number of anilines is 1. The summed E-state index contributed by atoms with van der Waals surface area (Å²) in [5, 5.41) is 14.1. The number of nitrogens with zero attached hydrogens (tertiary/aromatic N) is 1. The van der Waals surface area contributed by atoms with Crippen molar-refractivity contribution in [1.82, 2.24) is 10.2 Å². The van der Waals surface area contributed by atoms with Crippen LogP contribution in [0.5, 0.6) is 0 Å². The van der Waals surface area contributed by atoms with Crippen LogP contribution in [0, 0.1) is 26.2 Å². The van der Waals surface area contributed by atoms with E-state index in [1.165, 1.54) is 0 Å².